The fraction of sp³-hybridized carbons (Fsp3) is 0.636. The van der Waals surface area contributed by atoms with Gasteiger partial charge in [-0.15, -0.1) is 0 Å². The Bertz CT molecular complexity index is 732. The molecule has 1 aromatic carbocycles. The second kappa shape index (κ2) is 8.61. The molecule has 3 aliphatic heterocycles. The van der Waals surface area contributed by atoms with Gasteiger partial charge >= 0.3 is 12.1 Å². The van der Waals surface area contributed by atoms with Gasteiger partial charge in [-0.25, -0.2) is 9.59 Å². The van der Waals surface area contributed by atoms with Crippen molar-refractivity contribution >= 4 is 17.7 Å². The SMILES string of the molecule is CCc1ccc(NC(=O)N2CC[C@@]3(COCC[C@@H]3NC(=O)N3CCCC3)C2)cc1. The number of anilines is 1. The fourth-order valence-corrected chi connectivity index (χ4v) is 4.77. The predicted molar refractivity (Wildman–Crippen MR) is 112 cm³/mol. The summed E-state index contributed by atoms with van der Waals surface area (Å²) in [6, 6.07) is 7.98. The molecule has 0 unspecified atom stereocenters. The van der Waals surface area contributed by atoms with Gasteiger partial charge in [0.05, 0.1) is 6.61 Å². The molecule has 158 valence electrons. The molecule has 0 radical (unpaired) electrons. The van der Waals surface area contributed by atoms with Gasteiger partial charge in [-0.1, -0.05) is 19.1 Å². The first-order chi connectivity index (χ1) is 14.1. The number of benzene rings is 1. The lowest BCUT2D eigenvalue weighted by molar-refractivity contribution is -0.0234. The Labute approximate surface area is 172 Å². The summed E-state index contributed by atoms with van der Waals surface area (Å²) in [6.45, 7) is 6.33. The van der Waals surface area contributed by atoms with Crippen LogP contribution in [0, 0.1) is 5.41 Å². The van der Waals surface area contributed by atoms with Crippen molar-refractivity contribution in [2.45, 2.75) is 45.1 Å². The van der Waals surface area contributed by atoms with Gasteiger partial charge in [-0.2, -0.15) is 0 Å². The zero-order chi connectivity index (χ0) is 20.3. The molecule has 4 amide bonds. The molecule has 2 N–H and O–H groups in total. The van der Waals surface area contributed by atoms with E-state index in [1.165, 1.54) is 5.56 Å². The zero-order valence-corrected chi connectivity index (χ0v) is 17.3. The highest BCUT2D eigenvalue weighted by Gasteiger charge is 2.48. The zero-order valence-electron chi connectivity index (χ0n) is 17.3. The van der Waals surface area contributed by atoms with Crippen molar-refractivity contribution in [3.63, 3.8) is 0 Å². The third kappa shape index (κ3) is 4.34. The van der Waals surface area contributed by atoms with Crippen molar-refractivity contribution in [3.8, 4) is 0 Å². The van der Waals surface area contributed by atoms with Crippen LogP contribution in [-0.2, 0) is 11.2 Å². The second-order valence-corrected chi connectivity index (χ2v) is 8.55. The number of ether oxygens (including phenoxy) is 1. The monoisotopic (exact) mass is 400 g/mol. The van der Waals surface area contributed by atoms with E-state index in [1.54, 1.807) is 0 Å². The van der Waals surface area contributed by atoms with E-state index in [1.807, 2.05) is 34.1 Å². The average Bonchev–Trinajstić information content (AvgIpc) is 3.42. The number of rotatable bonds is 3. The lowest BCUT2D eigenvalue weighted by atomic mass is 9.77. The topological polar surface area (TPSA) is 73.9 Å². The van der Waals surface area contributed by atoms with Gasteiger partial charge in [0.2, 0.25) is 0 Å². The van der Waals surface area contributed by atoms with E-state index in [-0.39, 0.29) is 23.5 Å². The van der Waals surface area contributed by atoms with Crippen molar-refractivity contribution in [2.75, 3.05) is 44.7 Å². The number of nitrogens with zero attached hydrogens (tertiary/aromatic N) is 2. The summed E-state index contributed by atoms with van der Waals surface area (Å²) in [5, 5.41) is 6.27. The number of hydrogen-bond donors (Lipinski definition) is 2. The van der Waals surface area contributed by atoms with Crippen LogP contribution in [0.1, 0.15) is 38.2 Å². The fourth-order valence-electron chi connectivity index (χ4n) is 4.77. The van der Waals surface area contributed by atoms with Crippen molar-refractivity contribution < 1.29 is 14.3 Å². The maximum Gasteiger partial charge on any atom is 0.321 e. The molecular formula is C22H32N4O3. The van der Waals surface area contributed by atoms with Crippen LogP contribution < -0.4 is 10.6 Å². The molecule has 3 saturated heterocycles. The van der Waals surface area contributed by atoms with Gasteiger partial charge < -0.3 is 25.2 Å². The Morgan fingerprint density at radius 2 is 1.86 bits per heavy atom. The molecule has 3 fully saturated rings. The molecule has 0 saturated carbocycles. The second-order valence-electron chi connectivity index (χ2n) is 8.55. The minimum absolute atomic E-state index is 0.0349. The number of carbonyl (C=O) groups is 2. The molecule has 29 heavy (non-hydrogen) atoms. The molecule has 2 atom stereocenters. The molecule has 0 bridgehead atoms. The molecule has 0 aliphatic carbocycles. The minimum Gasteiger partial charge on any atom is -0.381 e. The van der Waals surface area contributed by atoms with Gasteiger partial charge in [-0.05, 0) is 49.8 Å². The van der Waals surface area contributed by atoms with Crippen LogP contribution in [0.15, 0.2) is 24.3 Å². The van der Waals surface area contributed by atoms with E-state index < -0.39 is 0 Å². The third-order valence-corrected chi connectivity index (χ3v) is 6.66. The summed E-state index contributed by atoms with van der Waals surface area (Å²) in [7, 11) is 0. The third-order valence-electron chi connectivity index (χ3n) is 6.66. The van der Waals surface area contributed by atoms with Crippen molar-refractivity contribution in [1.82, 2.24) is 15.1 Å². The van der Waals surface area contributed by atoms with Crippen LogP contribution >= 0.6 is 0 Å². The molecule has 4 rings (SSSR count). The van der Waals surface area contributed by atoms with Crippen LogP contribution in [-0.4, -0.2) is 67.3 Å². The van der Waals surface area contributed by atoms with Gasteiger partial charge in [-0.3, -0.25) is 0 Å². The van der Waals surface area contributed by atoms with Crippen LogP contribution in [0.3, 0.4) is 0 Å². The Morgan fingerprint density at radius 3 is 2.59 bits per heavy atom. The number of amides is 4. The van der Waals surface area contributed by atoms with Crippen LogP contribution in [0.25, 0.3) is 0 Å². The summed E-state index contributed by atoms with van der Waals surface area (Å²) < 4.78 is 5.79. The van der Waals surface area contributed by atoms with Gasteiger partial charge in [0.1, 0.15) is 0 Å². The first kappa shape index (κ1) is 20.0. The average molecular weight is 401 g/mol. The minimum atomic E-state index is -0.197. The summed E-state index contributed by atoms with van der Waals surface area (Å²) in [5.74, 6) is 0. The first-order valence-corrected chi connectivity index (χ1v) is 10.9. The quantitative estimate of drug-likeness (QED) is 0.819. The van der Waals surface area contributed by atoms with E-state index >= 15 is 0 Å². The number of carbonyl (C=O) groups excluding carboxylic acids is 2. The van der Waals surface area contributed by atoms with E-state index in [0.717, 1.165) is 50.9 Å². The molecule has 0 aromatic heterocycles. The summed E-state index contributed by atoms with van der Waals surface area (Å²) in [5.41, 5.74) is 1.86. The van der Waals surface area contributed by atoms with E-state index in [9.17, 15) is 9.59 Å². The summed E-state index contributed by atoms with van der Waals surface area (Å²) in [6.07, 6.45) is 4.79. The van der Waals surface area contributed by atoms with Gasteiger partial charge in [0.15, 0.2) is 0 Å². The van der Waals surface area contributed by atoms with Crippen LogP contribution in [0.5, 0.6) is 0 Å². The molecule has 7 heteroatoms. The van der Waals surface area contributed by atoms with E-state index in [0.29, 0.717) is 26.3 Å². The lowest BCUT2D eigenvalue weighted by Crippen LogP contribution is -2.57. The van der Waals surface area contributed by atoms with Crippen LogP contribution in [0.4, 0.5) is 15.3 Å². The number of aryl methyl sites for hydroxylation is 1. The summed E-state index contributed by atoms with van der Waals surface area (Å²) in [4.78, 5) is 29.2. The molecule has 7 nitrogen and oxygen atoms in total. The van der Waals surface area contributed by atoms with Gasteiger partial charge in [0.25, 0.3) is 0 Å². The molecule has 1 aromatic rings. The standard InChI is InChI=1S/C22H32N4O3/c1-2-17-5-7-18(8-6-17)23-20(27)26-13-10-22(15-26)16-29-14-9-19(22)24-21(28)25-11-3-4-12-25/h5-8,19H,2-4,9-16H2,1H3,(H,23,27)(H,24,28)/t19-,22-/m0/s1. The Morgan fingerprint density at radius 1 is 1.10 bits per heavy atom. The number of nitrogens with one attached hydrogen (secondary N) is 2. The highest BCUT2D eigenvalue weighted by atomic mass is 16.5. The molecule has 3 heterocycles. The Hall–Kier alpha value is -2.28. The van der Waals surface area contributed by atoms with E-state index in [4.69, 9.17) is 4.74 Å². The summed E-state index contributed by atoms with van der Waals surface area (Å²) >= 11 is 0. The Balaban J connectivity index is 1.38. The molecular weight excluding hydrogens is 368 g/mol. The number of likely N-dealkylation sites (tertiary alicyclic amines) is 2. The number of hydrogen-bond acceptors (Lipinski definition) is 3. The van der Waals surface area contributed by atoms with E-state index in [2.05, 4.69) is 17.6 Å². The highest BCUT2D eigenvalue weighted by Crippen LogP contribution is 2.38. The first-order valence-electron chi connectivity index (χ1n) is 10.9. The Kier molecular flexibility index (Phi) is 5.94. The maximum atomic E-state index is 12.8. The predicted octanol–water partition coefficient (Wildman–Crippen LogP) is 3.07. The largest absolute Gasteiger partial charge is 0.381 e. The highest BCUT2D eigenvalue weighted by molar-refractivity contribution is 5.89. The van der Waals surface area contributed by atoms with Crippen molar-refractivity contribution in [3.05, 3.63) is 29.8 Å². The van der Waals surface area contributed by atoms with Gasteiger partial charge in [0, 0.05) is 49.9 Å². The number of urea groups is 2. The molecule has 1 spiro atoms. The van der Waals surface area contributed by atoms with Crippen molar-refractivity contribution in [1.29, 1.82) is 0 Å². The maximum absolute atomic E-state index is 12.8. The lowest BCUT2D eigenvalue weighted by Gasteiger charge is -2.41. The van der Waals surface area contributed by atoms with Crippen LogP contribution in [0.2, 0.25) is 0 Å². The molecule has 3 aliphatic rings. The van der Waals surface area contributed by atoms with Crippen molar-refractivity contribution in [2.24, 2.45) is 5.41 Å². The smallest absolute Gasteiger partial charge is 0.321 e. The normalized spacial score (nSPS) is 26.7.